The fraction of sp³-hybridized carbons (Fsp3) is 0.754. The van der Waals surface area contributed by atoms with Gasteiger partial charge >= 0.3 is 17.9 Å². The molecule has 0 fully saturated rings. The molecule has 0 aliphatic heterocycles. The van der Waals surface area contributed by atoms with Gasteiger partial charge in [0.15, 0.2) is 6.10 Å². The maximum absolute atomic E-state index is 12.8. The fourth-order valence-corrected chi connectivity index (χ4v) is 9.09. The SMILES string of the molecule is CC/C=C\C/C=C\C/C=C\C/C=C\CCCCCCC(=O)OC(COC(=O)CCCCCCCCCCC)COC(=O)CCCCCCCCCCCCCCCCCC/C=C\C/C=C\C/C=C\CCCCCCC. The van der Waals surface area contributed by atoms with E-state index in [-0.39, 0.29) is 31.1 Å². The second-order valence-electron chi connectivity index (χ2n) is 21.3. The third kappa shape index (κ3) is 61.3. The molecule has 0 aliphatic rings. The summed E-state index contributed by atoms with van der Waals surface area (Å²) in [6.07, 6.45) is 83.3. The maximum Gasteiger partial charge on any atom is 0.306 e. The van der Waals surface area contributed by atoms with Gasteiger partial charge in [-0.05, 0) is 96.3 Å². The quantitative estimate of drug-likeness (QED) is 0.0261. The van der Waals surface area contributed by atoms with Crippen molar-refractivity contribution >= 4 is 17.9 Å². The van der Waals surface area contributed by atoms with Crippen molar-refractivity contribution in [3.8, 4) is 0 Å². The monoisotopic (exact) mass is 1040 g/mol. The molecule has 432 valence electrons. The summed E-state index contributed by atoms with van der Waals surface area (Å²) in [4.78, 5) is 38.1. The van der Waals surface area contributed by atoms with Gasteiger partial charge in [0.05, 0.1) is 0 Å². The van der Waals surface area contributed by atoms with E-state index in [1.165, 1.54) is 167 Å². The number of carbonyl (C=O) groups excluding carboxylic acids is 3. The van der Waals surface area contributed by atoms with Crippen LogP contribution in [0.15, 0.2) is 85.1 Å². The first-order chi connectivity index (χ1) is 37.0. The summed E-state index contributed by atoms with van der Waals surface area (Å²) in [5, 5.41) is 0. The molecule has 0 heterocycles. The van der Waals surface area contributed by atoms with E-state index in [2.05, 4.69) is 106 Å². The predicted molar refractivity (Wildman–Crippen MR) is 325 cm³/mol. The lowest BCUT2D eigenvalue weighted by Crippen LogP contribution is -2.30. The number of hydrogen-bond acceptors (Lipinski definition) is 6. The van der Waals surface area contributed by atoms with E-state index in [1.54, 1.807) is 0 Å². The van der Waals surface area contributed by atoms with Gasteiger partial charge < -0.3 is 14.2 Å². The van der Waals surface area contributed by atoms with Gasteiger partial charge in [0.2, 0.25) is 0 Å². The summed E-state index contributed by atoms with van der Waals surface area (Å²) < 4.78 is 16.8. The van der Waals surface area contributed by atoms with Crippen molar-refractivity contribution in [2.24, 2.45) is 0 Å². The molecule has 0 N–H and O–H groups in total. The van der Waals surface area contributed by atoms with Gasteiger partial charge in [-0.15, -0.1) is 0 Å². The Morgan fingerprint density at radius 1 is 0.280 bits per heavy atom. The van der Waals surface area contributed by atoms with Crippen LogP contribution in [-0.2, 0) is 28.6 Å². The molecule has 0 saturated heterocycles. The molecule has 1 atom stereocenters. The average Bonchev–Trinajstić information content (AvgIpc) is 3.41. The van der Waals surface area contributed by atoms with Crippen LogP contribution >= 0.6 is 0 Å². The third-order valence-electron chi connectivity index (χ3n) is 13.9. The van der Waals surface area contributed by atoms with Crippen molar-refractivity contribution in [2.75, 3.05) is 13.2 Å². The average molecular weight is 1050 g/mol. The first-order valence-electron chi connectivity index (χ1n) is 32.1. The first-order valence-corrected chi connectivity index (χ1v) is 32.1. The van der Waals surface area contributed by atoms with Crippen molar-refractivity contribution < 1.29 is 28.6 Å². The molecule has 0 rings (SSSR count). The minimum absolute atomic E-state index is 0.0836. The summed E-state index contributed by atoms with van der Waals surface area (Å²) in [6, 6.07) is 0. The number of allylic oxidation sites excluding steroid dienone is 14. The van der Waals surface area contributed by atoms with Gasteiger partial charge in [0.1, 0.15) is 13.2 Å². The Balaban J connectivity index is 4.14. The molecule has 75 heavy (non-hydrogen) atoms. The van der Waals surface area contributed by atoms with Crippen LogP contribution in [0.2, 0.25) is 0 Å². The van der Waals surface area contributed by atoms with Crippen molar-refractivity contribution in [3.05, 3.63) is 85.1 Å². The topological polar surface area (TPSA) is 78.9 Å². The van der Waals surface area contributed by atoms with Crippen LogP contribution in [0.3, 0.4) is 0 Å². The molecule has 0 aliphatic carbocycles. The Bertz CT molecular complexity index is 1430. The Labute approximate surface area is 465 Å². The molecule has 0 spiro atoms. The number of esters is 3. The van der Waals surface area contributed by atoms with Crippen molar-refractivity contribution in [1.29, 1.82) is 0 Å². The van der Waals surface area contributed by atoms with Crippen LogP contribution in [0.4, 0.5) is 0 Å². The predicted octanol–water partition coefficient (Wildman–Crippen LogP) is 21.9. The maximum atomic E-state index is 12.8. The van der Waals surface area contributed by atoms with Crippen molar-refractivity contribution in [1.82, 2.24) is 0 Å². The Morgan fingerprint density at radius 2 is 0.520 bits per heavy atom. The number of ether oxygens (including phenoxy) is 3. The van der Waals surface area contributed by atoms with Crippen molar-refractivity contribution in [2.45, 2.75) is 322 Å². The first kappa shape index (κ1) is 71.6. The highest BCUT2D eigenvalue weighted by molar-refractivity contribution is 5.71. The molecular formula is C69H120O6. The summed E-state index contributed by atoms with van der Waals surface area (Å²) >= 11 is 0. The zero-order chi connectivity index (χ0) is 54.3. The molecule has 0 bridgehead atoms. The van der Waals surface area contributed by atoms with Gasteiger partial charge in [-0.1, -0.05) is 286 Å². The smallest absolute Gasteiger partial charge is 0.306 e. The summed E-state index contributed by atoms with van der Waals surface area (Å²) in [5.74, 6) is -0.900. The van der Waals surface area contributed by atoms with Gasteiger partial charge in [-0.3, -0.25) is 14.4 Å². The van der Waals surface area contributed by atoms with Crippen molar-refractivity contribution in [3.63, 3.8) is 0 Å². The molecule has 0 saturated carbocycles. The molecule has 6 heteroatoms. The molecular weight excluding hydrogens is 925 g/mol. The number of carbonyl (C=O) groups is 3. The fourth-order valence-electron chi connectivity index (χ4n) is 9.09. The van der Waals surface area contributed by atoms with Crippen LogP contribution in [0.1, 0.15) is 316 Å². The zero-order valence-corrected chi connectivity index (χ0v) is 49.6. The van der Waals surface area contributed by atoms with E-state index < -0.39 is 6.10 Å². The van der Waals surface area contributed by atoms with Gasteiger partial charge in [-0.25, -0.2) is 0 Å². The van der Waals surface area contributed by atoms with E-state index in [4.69, 9.17) is 14.2 Å². The van der Waals surface area contributed by atoms with Crippen LogP contribution in [0, 0.1) is 0 Å². The van der Waals surface area contributed by atoms with E-state index in [9.17, 15) is 14.4 Å². The highest BCUT2D eigenvalue weighted by atomic mass is 16.6. The lowest BCUT2D eigenvalue weighted by Gasteiger charge is -2.18. The van der Waals surface area contributed by atoms with Crippen LogP contribution in [0.25, 0.3) is 0 Å². The van der Waals surface area contributed by atoms with Crippen LogP contribution in [0.5, 0.6) is 0 Å². The standard InChI is InChI=1S/C69H120O6/c1-4-7-10-13-16-19-21-23-25-27-28-29-30-31-32-33-34-35-36-37-38-39-40-42-43-45-47-50-53-56-59-62-68(71)74-65-66(64-73-67(70)61-58-55-52-49-18-15-12-9-6-3)75-69(72)63-60-57-54-51-48-46-44-41-26-24-22-20-17-14-11-8-5-2/h8,11,17,20-21,23-24,26-28,30-31,44,46,66H,4-7,9-10,12-16,18-19,22,25,29,32-43,45,47-65H2,1-3H3/b11-8-,20-17-,23-21-,26-24-,28-27-,31-30-,46-44-. The van der Waals surface area contributed by atoms with E-state index in [1.807, 2.05) is 0 Å². The van der Waals surface area contributed by atoms with E-state index >= 15 is 0 Å². The largest absolute Gasteiger partial charge is 0.462 e. The van der Waals surface area contributed by atoms with Gasteiger partial charge in [0.25, 0.3) is 0 Å². The highest BCUT2D eigenvalue weighted by Crippen LogP contribution is 2.16. The molecule has 0 aromatic carbocycles. The lowest BCUT2D eigenvalue weighted by atomic mass is 10.0. The minimum atomic E-state index is -0.787. The summed E-state index contributed by atoms with van der Waals surface area (Å²) in [7, 11) is 0. The number of rotatable bonds is 58. The summed E-state index contributed by atoms with van der Waals surface area (Å²) in [5.41, 5.74) is 0. The molecule has 6 nitrogen and oxygen atoms in total. The third-order valence-corrected chi connectivity index (χ3v) is 13.9. The second kappa shape index (κ2) is 63.1. The lowest BCUT2D eigenvalue weighted by molar-refractivity contribution is -0.167. The van der Waals surface area contributed by atoms with Crippen LogP contribution in [-0.4, -0.2) is 37.2 Å². The highest BCUT2D eigenvalue weighted by Gasteiger charge is 2.19. The molecule has 0 aromatic rings. The van der Waals surface area contributed by atoms with E-state index in [0.717, 1.165) is 109 Å². The molecule has 0 amide bonds. The Kier molecular flexibility index (Phi) is 60.3. The number of hydrogen-bond donors (Lipinski definition) is 0. The molecule has 0 aromatic heterocycles. The van der Waals surface area contributed by atoms with Gasteiger partial charge in [-0.2, -0.15) is 0 Å². The normalized spacial score (nSPS) is 12.6. The summed E-state index contributed by atoms with van der Waals surface area (Å²) in [6.45, 7) is 6.50. The Hall–Kier alpha value is -3.41. The van der Waals surface area contributed by atoms with E-state index in [0.29, 0.717) is 19.3 Å². The molecule has 0 radical (unpaired) electrons. The zero-order valence-electron chi connectivity index (χ0n) is 49.6. The van der Waals surface area contributed by atoms with Gasteiger partial charge in [0, 0.05) is 19.3 Å². The number of unbranched alkanes of at least 4 members (excludes halogenated alkanes) is 33. The van der Waals surface area contributed by atoms with Crippen LogP contribution < -0.4 is 0 Å². The Morgan fingerprint density at radius 3 is 0.813 bits per heavy atom. The molecule has 1 unspecified atom stereocenters. The minimum Gasteiger partial charge on any atom is -0.462 e. The second-order valence-corrected chi connectivity index (χ2v) is 21.3.